The van der Waals surface area contributed by atoms with Crippen LogP contribution < -0.4 is 0 Å². The summed E-state index contributed by atoms with van der Waals surface area (Å²) in [5.41, 5.74) is -0.0136. The number of imidazole rings is 1. The molecule has 1 atom stereocenters. The second kappa shape index (κ2) is 3.53. The van der Waals surface area contributed by atoms with Crippen LogP contribution in [0.4, 0.5) is 17.7 Å². The van der Waals surface area contributed by atoms with E-state index in [2.05, 4.69) is 4.98 Å². The molecule has 0 spiro atoms. The van der Waals surface area contributed by atoms with Crippen LogP contribution in [-0.2, 0) is 6.42 Å². The van der Waals surface area contributed by atoms with Gasteiger partial charge in [0.15, 0.2) is 0 Å². The molecule has 0 fully saturated rings. The van der Waals surface area contributed by atoms with Gasteiger partial charge in [0, 0.05) is 12.1 Å². The van der Waals surface area contributed by atoms with Crippen molar-refractivity contribution >= 4 is 0 Å². The quantitative estimate of drug-likeness (QED) is 0.437. The number of H-pyrrole nitrogens is 1. The second-order valence-corrected chi connectivity index (χ2v) is 2.10. The van der Waals surface area contributed by atoms with E-state index in [-0.39, 0.29) is 5.69 Å². The number of aromatic nitrogens is 2. The molecule has 1 N–H and O–H groups in total. The molecular weight excluding hydrogens is 178 g/mol. The topological polar surface area (TPSA) is 31.9 Å². The van der Waals surface area contributed by atoms with Crippen molar-refractivity contribution in [3.05, 3.63) is 18.0 Å². The Labute approximate surface area is 64.9 Å². The summed E-state index contributed by atoms with van der Waals surface area (Å²) in [6.07, 6.45) is -3.01. The molecule has 7 heteroatoms. The van der Waals surface area contributed by atoms with Gasteiger partial charge in [-0.3, -0.25) is 0 Å². The molecule has 1 aromatic heterocycles. The monoisotopic (exact) mass is 183 g/mol. The van der Waals surface area contributed by atoms with Crippen LogP contribution in [0.25, 0.3) is 0 Å². The van der Waals surface area contributed by atoms with Gasteiger partial charge in [0.25, 0.3) is 6.08 Å². The van der Waals surface area contributed by atoms with Gasteiger partial charge in [-0.2, -0.15) is 4.39 Å². The molecule has 1 heterocycles. The first-order valence-corrected chi connectivity index (χ1v) is 3.04. The third-order valence-electron chi connectivity index (χ3n) is 1.20. The molecule has 0 aliphatic heterocycles. The summed E-state index contributed by atoms with van der Waals surface area (Å²) in [4.78, 5) is 5.06. The van der Waals surface area contributed by atoms with Gasteiger partial charge in [-0.1, -0.05) is 8.96 Å². The summed E-state index contributed by atoms with van der Waals surface area (Å²) in [6, 6.07) is 0. The van der Waals surface area contributed by atoms with E-state index in [4.69, 9.17) is 0 Å². The molecule has 0 saturated heterocycles. The molecule has 0 aliphatic carbocycles. The van der Waals surface area contributed by atoms with Crippen molar-refractivity contribution in [3.63, 3.8) is 0 Å². The molecule has 0 saturated carbocycles. The van der Waals surface area contributed by atoms with Crippen LogP contribution in [0.3, 0.4) is 0 Å². The van der Waals surface area contributed by atoms with E-state index < -0.39 is 24.1 Å². The molecule has 0 aromatic carbocycles. The lowest BCUT2D eigenvalue weighted by molar-refractivity contribution is -0.222. The maximum Gasteiger partial charge on any atom is 0.286 e. The highest BCUT2D eigenvalue weighted by Gasteiger charge is 2.18. The SMILES string of the molecule is Fc1ncc(CC(F)N(F)F)[nH]1. The zero-order valence-corrected chi connectivity index (χ0v) is 5.77. The Hall–Kier alpha value is -1.11. The number of halogens is 4. The van der Waals surface area contributed by atoms with Crippen molar-refractivity contribution in [1.82, 2.24) is 15.3 Å². The number of nitrogens with zero attached hydrogens (tertiary/aromatic N) is 2. The summed E-state index contributed by atoms with van der Waals surface area (Å²) in [5, 5.41) is -1.58. The first-order valence-electron chi connectivity index (χ1n) is 3.04. The smallest absolute Gasteiger partial charge is 0.286 e. The molecule has 0 aliphatic rings. The van der Waals surface area contributed by atoms with Crippen molar-refractivity contribution in [2.45, 2.75) is 12.7 Å². The zero-order valence-electron chi connectivity index (χ0n) is 5.77. The highest BCUT2D eigenvalue weighted by Crippen LogP contribution is 2.09. The van der Waals surface area contributed by atoms with Gasteiger partial charge in [0.1, 0.15) is 0 Å². The van der Waals surface area contributed by atoms with E-state index >= 15 is 0 Å². The average molecular weight is 183 g/mol. The standard InChI is InChI=1S/C5H5F4N3/c6-4(12(8)9)1-3-2-10-5(7)11-3/h2,4H,1H2,(H,10,11). The Bertz CT molecular complexity index is 249. The van der Waals surface area contributed by atoms with E-state index in [1.165, 1.54) is 0 Å². The predicted octanol–water partition coefficient (Wildman–Crippen LogP) is 1.46. The minimum atomic E-state index is -2.44. The Morgan fingerprint density at radius 1 is 1.58 bits per heavy atom. The second-order valence-electron chi connectivity index (χ2n) is 2.10. The van der Waals surface area contributed by atoms with Gasteiger partial charge in [-0.05, 0) is 0 Å². The fourth-order valence-electron chi connectivity index (χ4n) is 0.686. The van der Waals surface area contributed by atoms with Gasteiger partial charge in [0.2, 0.25) is 6.30 Å². The molecule has 0 amide bonds. The lowest BCUT2D eigenvalue weighted by Crippen LogP contribution is -2.18. The van der Waals surface area contributed by atoms with Crippen LogP contribution in [0.5, 0.6) is 0 Å². The van der Waals surface area contributed by atoms with Crippen LogP contribution in [-0.4, -0.2) is 21.6 Å². The van der Waals surface area contributed by atoms with E-state index in [1.54, 1.807) is 0 Å². The number of rotatable bonds is 3. The molecular formula is C5H5F4N3. The largest absolute Gasteiger partial charge is 0.318 e. The third kappa shape index (κ3) is 2.19. The molecule has 0 bridgehead atoms. The minimum absolute atomic E-state index is 0.0136. The normalized spacial score (nSPS) is 13.8. The summed E-state index contributed by atoms with van der Waals surface area (Å²) < 4.78 is 47.2. The Kier molecular flexibility index (Phi) is 2.64. The number of hydrogen-bond acceptors (Lipinski definition) is 2. The minimum Gasteiger partial charge on any atom is -0.318 e. The van der Waals surface area contributed by atoms with Gasteiger partial charge in [-0.15, -0.1) is 0 Å². The summed E-state index contributed by atoms with van der Waals surface area (Å²) in [5.74, 6) is 0. The van der Waals surface area contributed by atoms with Crippen LogP contribution >= 0.6 is 0 Å². The van der Waals surface area contributed by atoms with Gasteiger partial charge in [-0.25, -0.2) is 9.37 Å². The highest BCUT2D eigenvalue weighted by molar-refractivity contribution is 4.96. The van der Waals surface area contributed by atoms with E-state index in [0.29, 0.717) is 0 Å². The fraction of sp³-hybridized carbons (Fsp3) is 0.400. The molecule has 1 rings (SSSR count). The maximum atomic E-state index is 12.2. The molecule has 12 heavy (non-hydrogen) atoms. The van der Waals surface area contributed by atoms with Gasteiger partial charge >= 0.3 is 0 Å². The fourth-order valence-corrected chi connectivity index (χ4v) is 0.686. The van der Waals surface area contributed by atoms with E-state index in [1.807, 2.05) is 4.98 Å². The predicted molar refractivity (Wildman–Crippen MR) is 31.2 cm³/mol. The van der Waals surface area contributed by atoms with Crippen molar-refractivity contribution in [2.75, 3.05) is 0 Å². The van der Waals surface area contributed by atoms with Crippen molar-refractivity contribution < 1.29 is 17.7 Å². The maximum absolute atomic E-state index is 12.2. The van der Waals surface area contributed by atoms with Crippen LogP contribution in [0.2, 0.25) is 0 Å². The van der Waals surface area contributed by atoms with Crippen molar-refractivity contribution in [3.8, 4) is 0 Å². The number of nitrogens with one attached hydrogen (secondary N) is 1. The third-order valence-corrected chi connectivity index (χ3v) is 1.20. The Morgan fingerprint density at radius 2 is 2.25 bits per heavy atom. The molecule has 3 nitrogen and oxygen atoms in total. The summed E-state index contributed by atoms with van der Waals surface area (Å²) in [6.45, 7) is 0. The lowest BCUT2D eigenvalue weighted by Gasteiger charge is -2.04. The number of aromatic amines is 1. The van der Waals surface area contributed by atoms with Gasteiger partial charge < -0.3 is 4.98 Å². The first kappa shape index (κ1) is 8.98. The number of alkyl halides is 1. The van der Waals surface area contributed by atoms with Crippen LogP contribution in [0, 0.1) is 6.08 Å². The molecule has 1 aromatic rings. The van der Waals surface area contributed by atoms with Crippen LogP contribution in [0.15, 0.2) is 6.20 Å². The molecule has 0 radical (unpaired) electrons. The van der Waals surface area contributed by atoms with Crippen LogP contribution in [0.1, 0.15) is 5.69 Å². The molecule has 68 valence electrons. The van der Waals surface area contributed by atoms with Crippen molar-refractivity contribution in [1.29, 1.82) is 0 Å². The Morgan fingerprint density at radius 3 is 2.67 bits per heavy atom. The zero-order chi connectivity index (χ0) is 9.14. The highest BCUT2D eigenvalue weighted by atomic mass is 19.4. The number of hydrogen-bond donors (Lipinski definition) is 1. The summed E-state index contributed by atoms with van der Waals surface area (Å²) in [7, 11) is 0. The summed E-state index contributed by atoms with van der Waals surface area (Å²) >= 11 is 0. The van der Waals surface area contributed by atoms with E-state index in [0.717, 1.165) is 6.20 Å². The van der Waals surface area contributed by atoms with Gasteiger partial charge in [0.05, 0.1) is 11.5 Å². The average Bonchev–Trinajstić information content (AvgIpc) is 2.35. The van der Waals surface area contributed by atoms with E-state index in [9.17, 15) is 17.7 Å². The first-order chi connectivity index (χ1) is 5.59. The molecule has 1 unspecified atom stereocenters. The van der Waals surface area contributed by atoms with Crippen molar-refractivity contribution in [2.24, 2.45) is 0 Å². The lowest BCUT2D eigenvalue weighted by atomic mass is 10.3. The Balaban J connectivity index is 2.52.